The van der Waals surface area contributed by atoms with Gasteiger partial charge in [0.05, 0.1) is 0 Å². The van der Waals surface area contributed by atoms with E-state index < -0.39 is 11.6 Å². The Morgan fingerprint density at radius 3 is 2.67 bits per heavy atom. The molecule has 0 radical (unpaired) electrons. The molecular weight excluding hydrogens is 290 g/mol. The monoisotopic (exact) mass is 316 g/mol. The van der Waals surface area contributed by atoms with Crippen molar-refractivity contribution in [2.45, 2.75) is 32.4 Å². The highest BCUT2D eigenvalue weighted by atomic mass is 32.2. The van der Waals surface area contributed by atoms with Crippen molar-refractivity contribution in [2.24, 2.45) is 0 Å². The lowest BCUT2D eigenvalue weighted by molar-refractivity contribution is 0.259. The summed E-state index contributed by atoms with van der Waals surface area (Å²) in [4.78, 5) is 2.26. The van der Waals surface area contributed by atoms with Gasteiger partial charge in [-0.25, -0.2) is 8.78 Å². The van der Waals surface area contributed by atoms with Gasteiger partial charge in [0.25, 0.3) is 0 Å². The zero-order valence-electron chi connectivity index (χ0n) is 13.3. The van der Waals surface area contributed by atoms with Crippen LogP contribution >= 0.6 is 11.8 Å². The molecule has 1 aromatic carbocycles. The zero-order chi connectivity index (χ0) is 15.8. The van der Waals surface area contributed by atoms with Crippen LogP contribution in [0, 0.1) is 11.6 Å². The second-order valence-corrected chi connectivity index (χ2v) is 6.24. The van der Waals surface area contributed by atoms with Crippen molar-refractivity contribution in [3.05, 3.63) is 35.4 Å². The molecule has 0 fully saturated rings. The maximum Gasteiger partial charge on any atom is 0.163 e. The predicted molar refractivity (Wildman–Crippen MR) is 87.9 cm³/mol. The molecule has 0 amide bonds. The van der Waals surface area contributed by atoms with E-state index >= 15 is 0 Å². The highest BCUT2D eigenvalue weighted by molar-refractivity contribution is 7.98. The lowest BCUT2D eigenvalue weighted by atomic mass is 10.0. The standard InChI is InChI=1S/C16H26F2N2S/c1-5-19-15(9-10-20(3)12(2)11-21-4)13-7-6-8-14(17)16(13)18/h6-8,12,15,19H,5,9-11H2,1-4H3. The summed E-state index contributed by atoms with van der Waals surface area (Å²) in [6.45, 7) is 5.73. The zero-order valence-corrected chi connectivity index (χ0v) is 14.1. The molecule has 2 atom stereocenters. The predicted octanol–water partition coefficient (Wildman–Crippen LogP) is 3.69. The van der Waals surface area contributed by atoms with Crippen molar-refractivity contribution >= 4 is 11.8 Å². The average molecular weight is 316 g/mol. The lowest BCUT2D eigenvalue weighted by Gasteiger charge is -2.27. The Balaban J connectivity index is 2.72. The van der Waals surface area contributed by atoms with E-state index in [2.05, 4.69) is 30.4 Å². The van der Waals surface area contributed by atoms with Crippen molar-refractivity contribution in [1.82, 2.24) is 10.2 Å². The van der Waals surface area contributed by atoms with Crippen LogP contribution in [0.3, 0.4) is 0 Å². The number of nitrogens with zero attached hydrogens (tertiary/aromatic N) is 1. The van der Waals surface area contributed by atoms with Crippen LogP contribution in [0.2, 0.25) is 0 Å². The van der Waals surface area contributed by atoms with Crippen LogP contribution in [0.5, 0.6) is 0 Å². The fourth-order valence-electron chi connectivity index (χ4n) is 2.33. The number of thioether (sulfide) groups is 1. The first kappa shape index (κ1) is 18.4. The van der Waals surface area contributed by atoms with Crippen LogP contribution in [-0.2, 0) is 0 Å². The summed E-state index contributed by atoms with van der Waals surface area (Å²) in [5, 5.41) is 3.25. The molecule has 120 valence electrons. The maximum atomic E-state index is 13.9. The van der Waals surface area contributed by atoms with E-state index in [0.29, 0.717) is 11.6 Å². The molecular formula is C16H26F2N2S. The second kappa shape index (κ2) is 9.38. The highest BCUT2D eigenvalue weighted by Crippen LogP contribution is 2.22. The Kier molecular flexibility index (Phi) is 8.22. The number of halogens is 2. The third-order valence-corrected chi connectivity index (χ3v) is 4.55. The molecule has 0 aliphatic rings. The lowest BCUT2D eigenvalue weighted by Crippen LogP contribution is -2.34. The molecule has 0 aliphatic carbocycles. The van der Waals surface area contributed by atoms with Crippen molar-refractivity contribution in [1.29, 1.82) is 0 Å². The smallest absolute Gasteiger partial charge is 0.163 e. The van der Waals surface area contributed by atoms with Gasteiger partial charge in [-0.3, -0.25) is 0 Å². The molecule has 1 N–H and O–H groups in total. The van der Waals surface area contributed by atoms with Gasteiger partial charge in [-0.05, 0) is 45.8 Å². The number of hydrogen-bond donors (Lipinski definition) is 1. The Bertz CT molecular complexity index is 429. The van der Waals surface area contributed by atoms with Gasteiger partial charge in [-0.2, -0.15) is 11.8 Å². The number of hydrogen-bond acceptors (Lipinski definition) is 3. The van der Waals surface area contributed by atoms with Crippen LogP contribution in [0.4, 0.5) is 8.78 Å². The third kappa shape index (κ3) is 5.57. The highest BCUT2D eigenvalue weighted by Gasteiger charge is 2.18. The van der Waals surface area contributed by atoms with E-state index in [1.165, 1.54) is 0 Å². The minimum atomic E-state index is -0.778. The quantitative estimate of drug-likeness (QED) is 0.748. The summed E-state index contributed by atoms with van der Waals surface area (Å²) >= 11 is 1.82. The fourth-order valence-corrected chi connectivity index (χ4v) is 3.06. The van der Waals surface area contributed by atoms with E-state index in [-0.39, 0.29) is 6.04 Å². The third-order valence-electron chi connectivity index (χ3n) is 3.74. The second-order valence-electron chi connectivity index (χ2n) is 5.33. The van der Waals surface area contributed by atoms with Crippen molar-refractivity contribution < 1.29 is 8.78 Å². The van der Waals surface area contributed by atoms with E-state index in [4.69, 9.17) is 0 Å². The Labute approximate surface area is 131 Å². The van der Waals surface area contributed by atoms with E-state index in [9.17, 15) is 8.78 Å². The van der Waals surface area contributed by atoms with Gasteiger partial charge in [-0.15, -0.1) is 0 Å². The molecule has 0 bridgehead atoms. The summed E-state index contributed by atoms with van der Waals surface area (Å²) in [5.41, 5.74) is 0.419. The molecule has 0 saturated heterocycles. The van der Waals surface area contributed by atoms with Gasteiger partial charge in [0.2, 0.25) is 0 Å². The first-order valence-electron chi connectivity index (χ1n) is 7.37. The van der Waals surface area contributed by atoms with Crippen molar-refractivity contribution in [2.75, 3.05) is 32.1 Å². The molecule has 0 spiro atoms. The molecule has 0 heterocycles. The maximum absolute atomic E-state index is 13.9. The average Bonchev–Trinajstić information content (AvgIpc) is 2.46. The summed E-state index contributed by atoms with van der Waals surface area (Å²) < 4.78 is 27.3. The van der Waals surface area contributed by atoms with E-state index in [0.717, 1.165) is 31.3 Å². The van der Waals surface area contributed by atoms with Gasteiger partial charge in [-0.1, -0.05) is 19.1 Å². The molecule has 1 rings (SSSR count). The first-order valence-corrected chi connectivity index (χ1v) is 8.77. The minimum Gasteiger partial charge on any atom is -0.310 e. The van der Waals surface area contributed by atoms with Crippen molar-refractivity contribution in [3.8, 4) is 0 Å². The largest absolute Gasteiger partial charge is 0.310 e. The Morgan fingerprint density at radius 2 is 2.05 bits per heavy atom. The minimum absolute atomic E-state index is 0.158. The van der Waals surface area contributed by atoms with Gasteiger partial charge < -0.3 is 10.2 Å². The topological polar surface area (TPSA) is 15.3 Å². The molecule has 2 nitrogen and oxygen atoms in total. The molecule has 0 aliphatic heterocycles. The number of benzene rings is 1. The molecule has 0 saturated carbocycles. The summed E-state index contributed by atoms with van der Waals surface area (Å²) in [6, 6.07) is 4.71. The van der Waals surface area contributed by atoms with Crippen LogP contribution in [0.25, 0.3) is 0 Å². The normalized spacial score (nSPS) is 14.4. The molecule has 0 aromatic heterocycles. The Hall–Kier alpha value is -0.650. The summed E-state index contributed by atoms with van der Waals surface area (Å²) in [7, 11) is 2.08. The van der Waals surface area contributed by atoms with Gasteiger partial charge in [0, 0.05) is 23.4 Å². The van der Waals surface area contributed by atoms with Crippen LogP contribution in [0.15, 0.2) is 18.2 Å². The van der Waals surface area contributed by atoms with Gasteiger partial charge in [0.15, 0.2) is 11.6 Å². The van der Waals surface area contributed by atoms with Crippen LogP contribution in [0.1, 0.15) is 31.9 Å². The van der Waals surface area contributed by atoms with E-state index in [1.54, 1.807) is 12.1 Å². The summed E-state index contributed by atoms with van der Waals surface area (Å²) in [5.74, 6) is -0.445. The van der Waals surface area contributed by atoms with Crippen LogP contribution in [-0.4, -0.2) is 43.1 Å². The molecule has 1 aromatic rings. The van der Waals surface area contributed by atoms with Crippen molar-refractivity contribution in [3.63, 3.8) is 0 Å². The Morgan fingerprint density at radius 1 is 1.33 bits per heavy atom. The van der Waals surface area contributed by atoms with Gasteiger partial charge >= 0.3 is 0 Å². The van der Waals surface area contributed by atoms with E-state index in [1.807, 2.05) is 18.7 Å². The molecule has 5 heteroatoms. The number of nitrogens with one attached hydrogen (secondary N) is 1. The first-order chi connectivity index (χ1) is 10.0. The SMILES string of the molecule is CCNC(CCN(C)C(C)CSC)c1cccc(F)c1F. The molecule has 2 unspecified atom stereocenters. The summed E-state index contributed by atoms with van der Waals surface area (Å²) in [6.07, 6.45) is 2.84. The fraction of sp³-hybridized carbons (Fsp3) is 0.625. The van der Waals surface area contributed by atoms with Gasteiger partial charge in [0.1, 0.15) is 0 Å². The molecule has 21 heavy (non-hydrogen) atoms. The van der Waals surface area contributed by atoms with Crippen LogP contribution < -0.4 is 5.32 Å². The number of rotatable bonds is 9.